The van der Waals surface area contributed by atoms with Gasteiger partial charge in [-0.25, -0.2) is 13.2 Å². The molecule has 8 heteroatoms. The second-order valence-electron chi connectivity index (χ2n) is 6.81. The number of anilines is 2. The molecule has 0 spiro atoms. The molecule has 0 aliphatic carbocycles. The zero-order valence-corrected chi connectivity index (χ0v) is 16.0. The first-order chi connectivity index (χ1) is 12.5. The molecule has 1 unspecified atom stereocenters. The van der Waals surface area contributed by atoms with Crippen LogP contribution in [-0.2, 0) is 21.2 Å². The third kappa shape index (κ3) is 4.48. The largest absolute Gasteiger partial charge is 0.376 e. The Hall–Kier alpha value is -1.80. The van der Waals surface area contributed by atoms with E-state index in [0.717, 1.165) is 43.5 Å². The molecular formula is C18H27N3O4S. The predicted octanol–water partition coefficient (Wildman–Crippen LogP) is 2.48. The Morgan fingerprint density at radius 2 is 2.19 bits per heavy atom. The fourth-order valence-corrected chi connectivity index (χ4v) is 5.11. The summed E-state index contributed by atoms with van der Waals surface area (Å²) in [4.78, 5) is 12.1. The number of rotatable bonds is 6. The number of sulfonamides is 1. The molecule has 1 aromatic carbocycles. The molecule has 2 amide bonds. The molecule has 0 aromatic heterocycles. The van der Waals surface area contributed by atoms with Gasteiger partial charge >= 0.3 is 6.03 Å². The standard InChI is InChI=1S/C18H27N3O4S/c1-2-11-26(23,24)21-9-3-5-14-12-15(7-8-17(14)21)20-18(22)19-13-16-6-4-10-25-16/h7-8,12,16H,2-6,9-11,13H2,1H3,(H2,19,20,22). The van der Waals surface area contributed by atoms with Crippen LogP contribution in [0.15, 0.2) is 18.2 Å². The molecule has 1 fully saturated rings. The van der Waals surface area contributed by atoms with Crippen molar-refractivity contribution in [2.24, 2.45) is 0 Å². The predicted molar refractivity (Wildman–Crippen MR) is 102 cm³/mol. The van der Waals surface area contributed by atoms with Crippen LogP contribution in [0.2, 0.25) is 0 Å². The maximum absolute atomic E-state index is 12.5. The highest BCUT2D eigenvalue weighted by atomic mass is 32.2. The highest BCUT2D eigenvalue weighted by Crippen LogP contribution is 2.32. The number of aryl methyl sites for hydroxylation is 1. The minimum absolute atomic E-state index is 0.0987. The van der Waals surface area contributed by atoms with Crippen molar-refractivity contribution in [2.45, 2.75) is 45.1 Å². The van der Waals surface area contributed by atoms with E-state index < -0.39 is 10.0 Å². The van der Waals surface area contributed by atoms with E-state index in [9.17, 15) is 13.2 Å². The summed E-state index contributed by atoms with van der Waals surface area (Å²) in [5, 5.41) is 5.64. The van der Waals surface area contributed by atoms with Gasteiger partial charge in [0.2, 0.25) is 10.0 Å². The van der Waals surface area contributed by atoms with Gasteiger partial charge in [0, 0.05) is 25.4 Å². The third-order valence-corrected chi connectivity index (χ3v) is 6.70. The van der Waals surface area contributed by atoms with Crippen LogP contribution in [0.4, 0.5) is 16.2 Å². The maximum Gasteiger partial charge on any atom is 0.319 e. The van der Waals surface area contributed by atoms with E-state index in [1.807, 2.05) is 13.0 Å². The van der Waals surface area contributed by atoms with E-state index in [4.69, 9.17) is 4.74 Å². The Kier molecular flexibility index (Phi) is 6.03. The summed E-state index contributed by atoms with van der Waals surface area (Å²) in [6, 6.07) is 5.14. The van der Waals surface area contributed by atoms with Crippen molar-refractivity contribution >= 4 is 27.4 Å². The highest BCUT2D eigenvalue weighted by molar-refractivity contribution is 7.92. The molecule has 7 nitrogen and oxygen atoms in total. The van der Waals surface area contributed by atoms with Gasteiger partial charge in [0.1, 0.15) is 0 Å². The van der Waals surface area contributed by atoms with Crippen LogP contribution in [0.5, 0.6) is 0 Å². The summed E-state index contributed by atoms with van der Waals surface area (Å²) in [7, 11) is -3.28. The lowest BCUT2D eigenvalue weighted by atomic mass is 10.0. The summed E-state index contributed by atoms with van der Waals surface area (Å²) < 4.78 is 31.9. The zero-order valence-electron chi connectivity index (χ0n) is 15.2. The number of urea groups is 1. The minimum Gasteiger partial charge on any atom is -0.376 e. The molecule has 26 heavy (non-hydrogen) atoms. The quantitative estimate of drug-likeness (QED) is 0.792. The van der Waals surface area contributed by atoms with Crippen LogP contribution in [0.1, 0.15) is 38.2 Å². The van der Waals surface area contributed by atoms with Gasteiger partial charge in [-0.3, -0.25) is 4.31 Å². The monoisotopic (exact) mass is 381 g/mol. The number of nitrogens with one attached hydrogen (secondary N) is 2. The normalized spacial score (nSPS) is 19.9. The second-order valence-corrected chi connectivity index (χ2v) is 8.82. The van der Waals surface area contributed by atoms with Gasteiger partial charge in [-0.2, -0.15) is 0 Å². The molecule has 2 aliphatic heterocycles. The molecule has 0 radical (unpaired) electrons. The van der Waals surface area contributed by atoms with E-state index in [-0.39, 0.29) is 17.9 Å². The summed E-state index contributed by atoms with van der Waals surface area (Å²) in [5.41, 5.74) is 2.35. The summed E-state index contributed by atoms with van der Waals surface area (Å²) in [5.74, 6) is 0.151. The lowest BCUT2D eigenvalue weighted by Crippen LogP contribution is -2.37. The highest BCUT2D eigenvalue weighted by Gasteiger charge is 2.27. The lowest BCUT2D eigenvalue weighted by molar-refractivity contribution is 0.112. The Morgan fingerprint density at radius 1 is 1.35 bits per heavy atom. The van der Waals surface area contributed by atoms with Gasteiger partial charge in [0.15, 0.2) is 0 Å². The molecule has 2 heterocycles. The lowest BCUT2D eigenvalue weighted by Gasteiger charge is -2.30. The van der Waals surface area contributed by atoms with Crippen molar-refractivity contribution in [2.75, 3.05) is 35.1 Å². The molecule has 1 saturated heterocycles. The number of fused-ring (bicyclic) bond motifs is 1. The Balaban J connectivity index is 1.65. The first kappa shape index (κ1) is 19.0. The van der Waals surface area contributed by atoms with Crippen LogP contribution in [0.25, 0.3) is 0 Å². The van der Waals surface area contributed by atoms with E-state index in [1.165, 1.54) is 4.31 Å². The van der Waals surface area contributed by atoms with E-state index in [0.29, 0.717) is 25.2 Å². The zero-order chi connectivity index (χ0) is 18.6. The topological polar surface area (TPSA) is 87.7 Å². The molecular weight excluding hydrogens is 354 g/mol. The van der Waals surface area contributed by atoms with Crippen molar-refractivity contribution in [3.05, 3.63) is 23.8 Å². The Bertz CT molecular complexity index is 745. The van der Waals surface area contributed by atoms with Gasteiger partial charge in [0.25, 0.3) is 0 Å². The summed E-state index contributed by atoms with van der Waals surface area (Å²) in [6.45, 7) is 3.64. The van der Waals surface area contributed by atoms with E-state index >= 15 is 0 Å². The van der Waals surface area contributed by atoms with Crippen LogP contribution < -0.4 is 14.9 Å². The summed E-state index contributed by atoms with van der Waals surface area (Å²) in [6.07, 6.45) is 4.29. The molecule has 2 N–H and O–H groups in total. The van der Waals surface area contributed by atoms with Crippen molar-refractivity contribution in [3.8, 4) is 0 Å². The first-order valence-corrected chi connectivity index (χ1v) is 10.9. The first-order valence-electron chi connectivity index (χ1n) is 9.29. The second kappa shape index (κ2) is 8.26. The van der Waals surface area contributed by atoms with Gasteiger partial charge in [-0.15, -0.1) is 0 Å². The molecule has 0 bridgehead atoms. The Morgan fingerprint density at radius 3 is 2.92 bits per heavy atom. The molecule has 144 valence electrons. The number of nitrogens with zero attached hydrogens (tertiary/aromatic N) is 1. The fourth-order valence-electron chi connectivity index (χ4n) is 3.48. The van der Waals surface area contributed by atoms with Gasteiger partial charge in [-0.05, 0) is 55.9 Å². The van der Waals surface area contributed by atoms with Crippen LogP contribution in [0.3, 0.4) is 0 Å². The summed E-state index contributed by atoms with van der Waals surface area (Å²) >= 11 is 0. The molecule has 0 saturated carbocycles. The minimum atomic E-state index is -3.28. The van der Waals surface area contributed by atoms with E-state index in [1.54, 1.807) is 12.1 Å². The average Bonchev–Trinajstić information content (AvgIpc) is 3.13. The number of benzene rings is 1. The number of carbonyl (C=O) groups is 1. The van der Waals surface area contributed by atoms with Gasteiger partial charge in [0.05, 0.1) is 17.5 Å². The van der Waals surface area contributed by atoms with Crippen molar-refractivity contribution in [3.63, 3.8) is 0 Å². The molecule has 3 rings (SSSR count). The van der Waals surface area contributed by atoms with Crippen molar-refractivity contribution < 1.29 is 17.9 Å². The number of carbonyl (C=O) groups excluding carboxylic acids is 1. The maximum atomic E-state index is 12.5. The van der Waals surface area contributed by atoms with Gasteiger partial charge in [-0.1, -0.05) is 6.92 Å². The van der Waals surface area contributed by atoms with Crippen LogP contribution >= 0.6 is 0 Å². The van der Waals surface area contributed by atoms with Gasteiger partial charge < -0.3 is 15.4 Å². The third-order valence-electron chi connectivity index (χ3n) is 4.73. The fraction of sp³-hybridized carbons (Fsp3) is 0.611. The molecule has 2 aliphatic rings. The van der Waals surface area contributed by atoms with E-state index in [2.05, 4.69) is 10.6 Å². The van der Waals surface area contributed by atoms with Crippen LogP contribution in [0, 0.1) is 0 Å². The average molecular weight is 381 g/mol. The van der Waals surface area contributed by atoms with Crippen LogP contribution in [-0.4, -0.2) is 46.0 Å². The smallest absolute Gasteiger partial charge is 0.319 e. The number of amides is 2. The number of hydrogen-bond acceptors (Lipinski definition) is 4. The SMILES string of the molecule is CCCS(=O)(=O)N1CCCc2cc(NC(=O)NCC3CCCO3)ccc21. The van der Waals surface area contributed by atoms with Crippen molar-refractivity contribution in [1.29, 1.82) is 0 Å². The molecule has 1 aromatic rings. The number of ether oxygens (including phenoxy) is 1. The molecule has 1 atom stereocenters. The number of hydrogen-bond donors (Lipinski definition) is 2. The Labute approximate surface area is 155 Å². The van der Waals surface area contributed by atoms with Crippen molar-refractivity contribution in [1.82, 2.24) is 5.32 Å².